The maximum Gasteiger partial charge on any atom is 0.416 e. The SMILES string of the molecule is COc1nc2ccc(Br)cc2c(Cl)c1-c1cccc(C(F)(F)F)c1. The number of hydrogen-bond acceptors (Lipinski definition) is 2. The summed E-state index contributed by atoms with van der Waals surface area (Å²) in [6.45, 7) is 0. The third-order valence-corrected chi connectivity index (χ3v) is 4.41. The number of alkyl halides is 3. The Morgan fingerprint density at radius 3 is 2.54 bits per heavy atom. The van der Waals surface area contributed by atoms with Crippen molar-refractivity contribution in [3.63, 3.8) is 0 Å². The first-order valence-corrected chi connectivity index (χ1v) is 7.98. The van der Waals surface area contributed by atoms with Crippen LogP contribution in [0.25, 0.3) is 22.0 Å². The monoisotopic (exact) mass is 415 g/mol. The normalized spacial score (nSPS) is 11.8. The molecule has 3 aromatic rings. The molecular weight excluding hydrogens is 407 g/mol. The lowest BCUT2D eigenvalue weighted by molar-refractivity contribution is -0.137. The van der Waals surface area contributed by atoms with Crippen LogP contribution in [-0.4, -0.2) is 12.1 Å². The van der Waals surface area contributed by atoms with Crippen molar-refractivity contribution in [2.75, 3.05) is 7.11 Å². The number of hydrogen-bond donors (Lipinski definition) is 0. The van der Waals surface area contributed by atoms with E-state index in [9.17, 15) is 13.2 Å². The van der Waals surface area contributed by atoms with Gasteiger partial charge in [-0.3, -0.25) is 0 Å². The zero-order valence-electron chi connectivity index (χ0n) is 12.3. The van der Waals surface area contributed by atoms with E-state index in [4.69, 9.17) is 16.3 Å². The topological polar surface area (TPSA) is 22.1 Å². The van der Waals surface area contributed by atoms with Crippen LogP contribution in [0.15, 0.2) is 46.9 Å². The Bertz CT molecular complexity index is 928. The number of fused-ring (bicyclic) bond motifs is 1. The van der Waals surface area contributed by atoms with Crippen molar-refractivity contribution in [1.82, 2.24) is 4.98 Å². The van der Waals surface area contributed by atoms with Crippen LogP contribution >= 0.6 is 27.5 Å². The van der Waals surface area contributed by atoms with Crippen molar-refractivity contribution < 1.29 is 17.9 Å². The summed E-state index contributed by atoms with van der Waals surface area (Å²) in [4.78, 5) is 4.36. The molecule has 0 aliphatic rings. The standard InChI is InChI=1S/C17H10BrClF3NO/c1-24-16-14(9-3-2-4-10(7-9)17(20,21)22)15(19)12-8-11(18)5-6-13(12)23-16/h2-8H,1H3. The summed E-state index contributed by atoms with van der Waals surface area (Å²) in [6, 6.07) is 10.2. The Morgan fingerprint density at radius 2 is 1.88 bits per heavy atom. The number of ether oxygens (including phenoxy) is 1. The van der Waals surface area contributed by atoms with Crippen molar-refractivity contribution in [1.29, 1.82) is 0 Å². The van der Waals surface area contributed by atoms with Gasteiger partial charge in [0.05, 0.1) is 28.8 Å². The van der Waals surface area contributed by atoms with Gasteiger partial charge in [-0.15, -0.1) is 0 Å². The van der Waals surface area contributed by atoms with E-state index in [1.165, 1.54) is 13.2 Å². The number of halogens is 5. The van der Waals surface area contributed by atoms with Gasteiger partial charge in [0, 0.05) is 9.86 Å². The van der Waals surface area contributed by atoms with Crippen LogP contribution in [-0.2, 0) is 6.18 Å². The zero-order valence-corrected chi connectivity index (χ0v) is 14.6. The Morgan fingerprint density at radius 1 is 1.12 bits per heavy atom. The Kier molecular flexibility index (Phi) is 4.44. The molecule has 0 radical (unpaired) electrons. The molecular formula is C17H10BrClF3NO. The van der Waals surface area contributed by atoms with Gasteiger partial charge in [0.2, 0.25) is 5.88 Å². The molecule has 0 saturated heterocycles. The van der Waals surface area contributed by atoms with Crippen LogP contribution in [0.5, 0.6) is 5.88 Å². The predicted molar refractivity (Wildman–Crippen MR) is 91.4 cm³/mol. The maximum absolute atomic E-state index is 13.0. The van der Waals surface area contributed by atoms with Crippen LogP contribution in [0.1, 0.15) is 5.56 Å². The Hall–Kier alpha value is -1.79. The first kappa shape index (κ1) is 17.0. The largest absolute Gasteiger partial charge is 0.480 e. The van der Waals surface area contributed by atoms with Crippen LogP contribution in [0, 0.1) is 0 Å². The van der Waals surface area contributed by atoms with E-state index in [0.29, 0.717) is 22.0 Å². The zero-order chi connectivity index (χ0) is 17.5. The fourth-order valence-electron chi connectivity index (χ4n) is 2.42. The molecule has 0 amide bonds. The van der Waals surface area contributed by atoms with Crippen LogP contribution in [0.2, 0.25) is 5.02 Å². The highest BCUT2D eigenvalue weighted by Gasteiger charge is 2.31. The van der Waals surface area contributed by atoms with Gasteiger partial charge in [0.25, 0.3) is 0 Å². The molecule has 0 saturated carbocycles. The fourth-order valence-corrected chi connectivity index (χ4v) is 3.13. The van der Waals surface area contributed by atoms with Gasteiger partial charge in [-0.25, -0.2) is 4.98 Å². The molecule has 2 nitrogen and oxygen atoms in total. The molecule has 0 aliphatic carbocycles. The quantitative estimate of drug-likeness (QED) is 0.486. The van der Waals surface area contributed by atoms with Gasteiger partial charge in [-0.2, -0.15) is 13.2 Å². The van der Waals surface area contributed by atoms with E-state index in [1.54, 1.807) is 24.3 Å². The first-order valence-electron chi connectivity index (χ1n) is 6.81. The first-order chi connectivity index (χ1) is 11.3. The average Bonchev–Trinajstić information content (AvgIpc) is 2.54. The number of nitrogens with zero attached hydrogens (tertiary/aromatic N) is 1. The molecule has 0 unspecified atom stereocenters. The van der Waals surface area contributed by atoms with Crippen molar-refractivity contribution in [2.24, 2.45) is 0 Å². The number of benzene rings is 2. The number of rotatable bonds is 2. The minimum Gasteiger partial charge on any atom is -0.480 e. The lowest BCUT2D eigenvalue weighted by Crippen LogP contribution is -2.05. The molecule has 0 bridgehead atoms. The Labute approximate surface area is 149 Å². The molecule has 1 heterocycles. The fraction of sp³-hybridized carbons (Fsp3) is 0.118. The number of methoxy groups -OCH3 is 1. The average molecular weight is 417 g/mol. The molecule has 0 fully saturated rings. The van der Waals surface area contributed by atoms with E-state index in [2.05, 4.69) is 20.9 Å². The maximum atomic E-state index is 13.0. The van der Waals surface area contributed by atoms with Gasteiger partial charge in [0.15, 0.2) is 0 Å². The summed E-state index contributed by atoms with van der Waals surface area (Å²) >= 11 is 9.83. The number of pyridine rings is 1. The third kappa shape index (κ3) is 3.08. The summed E-state index contributed by atoms with van der Waals surface area (Å²) in [5.74, 6) is 0.175. The van der Waals surface area contributed by atoms with Crippen molar-refractivity contribution in [2.45, 2.75) is 6.18 Å². The van der Waals surface area contributed by atoms with Gasteiger partial charge >= 0.3 is 6.18 Å². The molecule has 0 aliphatic heterocycles. The second-order valence-corrected chi connectivity index (χ2v) is 6.34. The highest BCUT2D eigenvalue weighted by molar-refractivity contribution is 9.10. The van der Waals surface area contributed by atoms with Crippen LogP contribution in [0.4, 0.5) is 13.2 Å². The molecule has 0 N–H and O–H groups in total. The lowest BCUT2D eigenvalue weighted by atomic mass is 10.0. The molecule has 3 rings (SSSR count). The molecule has 7 heteroatoms. The second-order valence-electron chi connectivity index (χ2n) is 5.05. The van der Waals surface area contributed by atoms with Crippen LogP contribution in [0.3, 0.4) is 0 Å². The van der Waals surface area contributed by atoms with Gasteiger partial charge < -0.3 is 4.74 Å². The van der Waals surface area contributed by atoms with Crippen molar-refractivity contribution >= 4 is 38.4 Å². The van der Waals surface area contributed by atoms with E-state index < -0.39 is 11.7 Å². The van der Waals surface area contributed by atoms with Gasteiger partial charge in [-0.1, -0.05) is 39.7 Å². The molecule has 1 aromatic heterocycles. The van der Waals surface area contributed by atoms with Gasteiger partial charge in [0.1, 0.15) is 0 Å². The van der Waals surface area contributed by atoms with Crippen LogP contribution < -0.4 is 4.74 Å². The molecule has 124 valence electrons. The lowest BCUT2D eigenvalue weighted by Gasteiger charge is -2.14. The molecule has 0 atom stereocenters. The summed E-state index contributed by atoms with van der Waals surface area (Å²) in [6.07, 6.45) is -4.44. The van der Waals surface area contributed by atoms with Gasteiger partial charge in [-0.05, 0) is 35.9 Å². The molecule has 0 spiro atoms. The predicted octanol–water partition coefficient (Wildman–Crippen LogP) is 6.35. The van der Waals surface area contributed by atoms with E-state index in [0.717, 1.165) is 16.6 Å². The molecule has 2 aromatic carbocycles. The highest BCUT2D eigenvalue weighted by Crippen LogP contribution is 2.42. The third-order valence-electron chi connectivity index (χ3n) is 3.52. The molecule has 24 heavy (non-hydrogen) atoms. The summed E-state index contributed by atoms with van der Waals surface area (Å²) in [5, 5.41) is 0.914. The van der Waals surface area contributed by atoms with Crippen molar-refractivity contribution in [3.8, 4) is 17.0 Å². The number of aromatic nitrogens is 1. The minimum absolute atomic E-state index is 0.175. The summed E-state index contributed by atoms with van der Waals surface area (Å²) < 4.78 is 45.0. The Balaban J connectivity index is 2.31. The summed E-state index contributed by atoms with van der Waals surface area (Å²) in [7, 11) is 1.40. The van der Waals surface area contributed by atoms with E-state index >= 15 is 0 Å². The minimum atomic E-state index is -4.44. The van der Waals surface area contributed by atoms with E-state index in [1.807, 2.05) is 0 Å². The smallest absolute Gasteiger partial charge is 0.416 e. The second kappa shape index (κ2) is 6.26. The highest BCUT2D eigenvalue weighted by atomic mass is 79.9. The van der Waals surface area contributed by atoms with Crippen molar-refractivity contribution in [3.05, 3.63) is 57.5 Å². The summed E-state index contributed by atoms with van der Waals surface area (Å²) in [5.41, 5.74) is 0.458. The van der Waals surface area contributed by atoms with E-state index in [-0.39, 0.29) is 10.9 Å².